The van der Waals surface area contributed by atoms with Gasteiger partial charge in [0, 0.05) is 10.8 Å². The van der Waals surface area contributed by atoms with Crippen LogP contribution in [0.3, 0.4) is 0 Å². The van der Waals surface area contributed by atoms with Gasteiger partial charge in [0.25, 0.3) is 9.99 Å². The Balaban J connectivity index is 6.41. The zero-order valence-electron chi connectivity index (χ0n) is 8.58. The second kappa shape index (κ2) is 4.30. The summed E-state index contributed by atoms with van der Waals surface area (Å²) in [5.74, 6) is -1.40. The van der Waals surface area contributed by atoms with Crippen molar-refractivity contribution >= 4 is 32.3 Å². The third kappa shape index (κ3) is 1.85. The third-order valence-corrected chi connectivity index (χ3v) is 6.85. The summed E-state index contributed by atoms with van der Waals surface area (Å²) in [6.07, 6.45) is 0. The van der Waals surface area contributed by atoms with E-state index < -0.39 is 29.7 Å². The lowest BCUT2D eigenvalue weighted by Gasteiger charge is -2.21. The molecule has 0 aliphatic rings. The van der Waals surface area contributed by atoms with E-state index in [4.69, 9.17) is 0 Å². The van der Waals surface area contributed by atoms with Crippen molar-refractivity contribution in [3.8, 4) is 0 Å². The normalized spacial score (nSPS) is 12.8. The van der Waals surface area contributed by atoms with Crippen LogP contribution in [0.2, 0.25) is 0 Å². The fraction of sp³-hybridized carbons (Fsp3) is 0.250. The summed E-state index contributed by atoms with van der Waals surface area (Å²) < 4.78 is 43.5. The fourth-order valence-corrected chi connectivity index (χ4v) is 3.82. The van der Waals surface area contributed by atoms with E-state index in [-0.39, 0.29) is 0 Å². The number of hydrogen-bond donors (Lipinski definition) is 0. The molecule has 0 bridgehead atoms. The average molecular weight is 265 g/mol. The van der Waals surface area contributed by atoms with Crippen LogP contribution in [0.15, 0.2) is 29.0 Å². The Labute approximate surface area is 94.2 Å². The molecule has 90 valence electrons. The SMILES string of the molecule is C=CS(=O)(=O)C(C)(C(=O)N=C)S(=O)(=O)C=C. The number of amides is 1. The van der Waals surface area contributed by atoms with Gasteiger partial charge in [-0.05, 0) is 13.6 Å². The molecule has 6 nitrogen and oxygen atoms in total. The van der Waals surface area contributed by atoms with Crippen molar-refractivity contribution in [2.75, 3.05) is 0 Å². The largest absolute Gasteiger partial charge is 0.282 e. The first kappa shape index (κ1) is 14.7. The zero-order chi connectivity index (χ0) is 13.2. The smallest absolute Gasteiger partial charge is 0.270 e. The van der Waals surface area contributed by atoms with Crippen LogP contribution >= 0.6 is 0 Å². The van der Waals surface area contributed by atoms with Gasteiger partial charge < -0.3 is 0 Å². The van der Waals surface area contributed by atoms with Gasteiger partial charge in [0.2, 0.25) is 19.7 Å². The lowest BCUT2D eigenvalue weighted by atomic mass is 10.4. The van der Waals surface area contributed by atoms with Gasteiger partial charge in [-0.1, -0.05) is 13.2 Å². The van der Waals surface area contributed by atoms with Gasteiger partial charge in [-0.3, -0.25) is 4.79 Å². The van der Waals surface area contributed by atoms with E-state index >= 15 is 0 Å². The Bertz CT molecular complexity index is 503. The summed E-state index contributed by atoms with van der Waals surface area (Å²) in [4.78, 5) is 14.2. The Morgan fingerprint density at radius 3 is 1.62 bits per heavy atom. The van der Waals surface area contributed by atoms with E-state index in [2.05, 4.69) is 24.9 Å². The highest BCUT2D eigenvalue weighted by molar-refractivity contribution is 8.14. The van der Waals surface area contributed by atoms with Crippen LogP contribution in [0.5, 0.6) is 0 Å². The minimum Gasteiger partial charge on any atom is -0.270 e. The Hall–Kier alpha value is -1.28. The van der Waals surface area contributed by atoms with Crippen molar-refractivity contribution in [2.45, 2.75) is 11.0 Å². The quantitative estimate of drug-likeness (QED) is 0.654. The molecule has 0 unspecified atom stereocenters. The lowest BCUT2D eigenvalue weighted by Crippen LogP contribution is -2.47. The molecule has 0 saturated carbocycles. The van der Waals surface area contributed by atoms with E-state index in [1.54, 1.807) is 0 Å². The van der Waals surface area contributed by atoms with E-state index in [0.29, 0.717) is 10.8 Å². The van der Waals surface area contributed by atoms with Gasteiger partial charge >= 0.3 is 0 Å². The second-order valence-electron chi connectivity index (χ2n) is 2.83. The highest BCUT2D eigenvalue weighted by atomic mass is 32.3. The molecule has 0 heterocycles. The maximum atomic E-state index is 11.6. The second-order valence-corrected chi connectivity index (χ2v) is 7.57. The van der Waals surface area contributed by atoms with Crippen LogP contribution in [-0.2, 0) is 24.5 Å². The molecule has 0 radical (unpaired) electrons. The number of hydrogen-bond acceptors (Lipinski definition) is 5. The number of carbonyl (C=O) groups is 1. The van der Waals surface area contributed by atoms with E-state index in [0.717, 1.165) is 6.92 Å². The molecule has 0 aromatic carbocycles. The van der Waals surface area contributed by atoms with Crippen LogP contribution in [0.25, 0.3) is 0 Å². The topological polar surface area (TPSA) is 97.7 Å². The number of nitrogens with zero attached hydrogens (tertiary/aromatic N) is 1. The van der Waals surface area contributed by atoms with Gasteiger partial charge in [0.15, 0.2) is 0 Å². The van der Waals surface area contributed by atoms with Gasteiger partial charge in [0.1, 0.15) is 0 Å². The lowest BCUT2D eigenvalue weighted by molar-refractivity contribution is -0.117. The standard InChI is InChI=1S/C8H11NO5S2/c1-5-15(11,12)8(3,7(10)9-4)16(13,14)6-2/h5-6H,1-2,4H2,3H3. The molecule has 0 atom stereocenters. The van der Waals surface area contributed by atoms with E-state index in [1.165, 1.54) is 0 Å². The summed E-state index contributed by atoms with van der Waals surface area (Å²) >= 11 is 0. The third-order valence-electron chi connectivity index (χ3n) is 2.06. The Kier molecular flexibility index (Phi) is 3.96. The molecule has 0 saturated heterocycles. The van der Waals surface area contributed by atoms with Crippen LogP contribution in [-0.4, -0.2) is 33.5 Å². The van der Waals surface area contributed by atoms with Crippen molar-refractivity contribution in [2.24, 2.45) is 4.99 Å². The van der Waals surface area contributed by atoms with Gasteiger partial charge in [-0.2, -0.15) is 0 Å². The molecular weight excluding hydrogens is 254 g/mol. The average Bonchev–Trinajstić information content (AvgIpc) is 2.26. The molecule has 8 heteroatoms. The van der Waals surface area contributed by atoms with Crippen LogP contribution in [0.1, 0.15) is 6.92 Å². The molecule has 0 aromatic rings. The number of sulfone groups is 2. The van der Waals surface area contributed by atoms with Crippen LogP contribution in [0.4, 0.5) is 0 Å². The molecule has 0 aromatic heterocycles. The summed E-state index contributed by atoms with van der Waals surface area (Å²) in [6.45, 7) is 9.47. The number of aliphatic imine (C=N–C) groups is 1. The Morgan fingerprint density at radius 2 is 1.44 bits per heavy atom. The molecule has 1 amide bonds. The molecule has 0 spiro atoms. The summed E-state index contributed by atoms with van der Waals surface area (Å²) in [7, 11) is -8.84. The molecular formula is C8H11NO5S2. The van der Waals surface area contributed by atoms with Gasteiger partial charge in [-0.25, -0.2) is 21.8 Å². The molecule has 0 rings (SSSR count). The predicted octanol–water partition coefficient (Wildman–Crippen LogP) is 0.0464. The minimum atomic E-state index is -4.42. The Morgan fingerprint density at radius 1 is 1.12 bits per heavy atom. The molecule has 0 aliphatic carbocycles. The fourth-order valence-electron chi connectivity index (χ4n) is 0.867. The maximum Gasteiger partial charge on any atom is 0.282 e. The van der Waals surface area contributed by atoms with Crippen molar-refractivity contribution < 1.29 is 21.6 Å². The van der Waals surface area contributed by atoms with Crippen LogP contribution < -0.4 is 0 Å². The van der Waals surface area contributed by atoms with Crippen LogP contribution in [0, 0.1) is 0 Å². The molecule has 0 fully saturated rings. The molecule has 0 aliphatic heterocycles. The first-order chi connectivity index (χ1) is 7.10. The maximum absolute atomic E-state index is 11.6. The minimum absolute atomic E-state index is 0.386. The summed E-state index contributed by atoms with van der Waals surface area (Å²) in [6, 6.07) is 0. The van der Waals surface area contributed by atoms with Gasteiger partial charge in [0.05, 0.1) is 0 Å². The molecule has 16 heavy (non-hydrogen) atoms. The highest BCUT2D eigenvalue weighted by Gasteiger charge is 2.54. The van der Waals surface area contributed by atoms with E-state index in [9.17, 15) is 21.6 Å². The molecule has 0 N–H and O–H groups in total. The number of rotatable bonds is 5. The predicted molar refractivity (Wildman–Crippen MR) is 61.2 cm³/mol. The van der Waals surface area contributed by atoms with E-state index in [1.807, 2.05) is 0 Å². The monoisotopic (exact) mass is 265 g/mol. The van der Waals surface area contributed by atoms with Crippen molar-refractivity contribution in [1.29, 1.82) is 0 Å². The number of carbonyl (C=O) groups excluding carboxylic acids is 1. The van der Waals surface area contributed by atoms with Crippen molar-refractivity contribution in [3.63, 3.8) is 0 Å². The zero-order valence-corrected chi connectivity index (χ0v) is 10.2. The highest BCUT2D eigenvalue weighted by Crippen LogP contribution is 2.28. The summed E-state index contributed by atoms with van der Waals surface area (Å²) in [5, 5.41) is 0.772. The van der Waals surface area contributed by atoms with Crippen molar-refractivity contribution in [3.05, 3.63) is 24.0 Å². The first-order valence-corrected chi connectivity index (χ1v) is 6.95. The van der Waals surface area contributed by atoms with Crippen molar-refractivity contribution in [1.82, 2.24) is 0 Å². The first-order valence-electron chi connectivity index (χ1n) is 3.86. The van der Waals surface area contributed by atoms with Gasteiger partial charge in [-0.15, -0.1) is 0 Å². The summed E-state index contributed by atoms with van der Waals surface area (Å²) in [5.41, 5.74) is 0.